The zero-order valence-corrected chi connectivity index (χ0v) is 22.4. The fourth-order valence-electron chi connectivity index (χ4n) is 4.96. The molecule has 206 valence electrons. The third kappa shape index (κ3) is 6.71. The van der Waals surface area contributed by atoms with E-state index in [4.69, 9.17) is 9.47 Å². The number of rotatable bonds is 10. The van der Waals surface area contributed by atoms with Gasteiger partial charge in [-0.2, -0.15) is 18.3 Å². The maximum atomic E-state index is 13.9. The predicted octanol–water partition coefficient (Wildman–Crippen LogP) is 5.94. The van der Waals surface area contributed by atoms with Gasteiger partial charge in [0.25, 0.3) is 0 Å². The van der Waals surface area contributed by atoms with E-state index in [-0.39, 0.29) is 29.2 Å². The maximum absolute atomic E-state index is 13.9. The lowest BCUT2D eigenvalue weighted by atomic mass is 9.74. The largest absolute Gasteiger partial charge is 0.468 e. The quantitative estimate of drug-likeness (QED) is 0.279. The lowest BCUT2D eigenvalue weighted by Gasteiger charge is -2.32. The van der Waals surface area contributed by atoms with E-state index < -0.39 is 35.5 Å². The van der Waals surface area contributed by atoms with Gasteiger partial charge < -0.3 is 9.47 Å². The van der Waals surface area contributed by atoms with Gasteiger partial charge in [-0.3, -0.25) is 14.5 Å². The number of nitrogens with zero attached hydrogens (tertiary/aromatic N) is 3. The summed E-state index contributed by atoms with van der Waals surface area (Å²) in [5.74, 6) is -3.99. The van der Waals surface area contributed by atoms with E-state index in [1.165, 1.54) is 25.1 Å². The van der Waals surface area contributed by atoms with Gasteiger partial charge >= 0.3 is 18.1 Å². The van der Waals surface area contributed by atoms with Crippen LogP contribution in [0.5, 0.6) is 0 Å². The van der Waals surface area contributed by atoms with Crippen LogP contribution in [0.15, 0.2) is 46.6 Å². The van der Waals surface area contributed by atoms with Gasteiger partial charge in [0.1, 0.15) is 5.92 Å². The molecule has 1 aromatic heterocycles. The summed E-state index contributed by atoms with van der Waals surface area (Å²) in [5.41, 5.74) is 1.40. The minimum Gasteiger partial charge on any atom is -0.468 e. The second-order valence-corrected chi connectivity index (χ2v) is 9.52. The van der Waals surface area contributed by atoms with Gasteiger partial charge in [0.15, 0.2) is 0 Å². The zero-order chi connectivity index (χ0) is 28.0. The topological polar surface area (TPSA) is 82.8 Å². The number of methoxy groups -OCH3 is 1. The molecule has 0 saturated carbocycles. The van der Waals surface area contributed by atoms with Gasteiger partial charge in [0.2, 0.25) is 0 Å². The molecule has 2 aromatic rings. The third-order valence-corrected chi connectivity index (χ3v) is 6.71. The number of benzene rings is 1. The van der Waals surface area contributed by atoms with Crippen molar-refractivity contribution in [1.82, 2.24) is 9.78 Å². The summed E-state index contributed by atoms with van der Waals surface area (Å²) in [6.45, 7) is 7.96. The first-order valence-electron chi connectivity index (χ1n) is 12.6. The van der Waals surface area contributed by atoms with Crippen molar-refractivity contribution in [2.75, 3.05) is 13.7 Å². The molecule has 0 spiro atoms. The van der Waals surface area contributed by atoms with Crippen LogP contribution in [0, 0.1) is 19.8 Å². The highest BCUT2D eigenvalue weighted by atomic mass is 19.4. The van der Waals surface area contributed by atoms with Crippen LogP contribution in [0.2, 0.25) is 0 Å². The predicted molar refractivity (Wildman–Crippen MR) is 137 cm³/mol. The molecule has 2 heterocycles. The first-order valence-corrected chi connectivity index (χ1v) is 12.6. The molecular weight excluding hydrogens is 499 g/mol. The first kappa shape index (κ1) is 29.1. The van der Waals surface area contributed by atoms with E-state index in [9.17, 15) is 22.8 Å². The standard InChI is InChI=1S/C28H34F3N3O4/c1-17-16-18(2)34(33-17)14-10-6-7-11-15-38-27(36)24-20(4)32-19(3)23(26(35)37-5)25(24)21-12-8-9-13-22(21)28(29,30)31/h8-9,12-13,16,23,25H,6-7,10-11,14-15H2,1-5H3. The molecule has 2 atom stereocenters. The smallest absolute Gasteiger partial charge is 0.416 e. The highest BCUT2D eigenvalue weighted by Gasteiger charge is 2.46. The lowest BCUT2D eigenvalue weighted by Crippen LogP contribution is -2.37. The zero-order valence-electron chi connectivity index (χ0n) is 22.4. The Balaban J connectivity index is 1.73. The van der Waals surface area contributed by atoms with E-state index in [1.807, 2.05) is 24.6 Å². The van der Waals surface area contributed by atoms with Crippen LogP contribution in [-0.4, -0.2) is 41.1 Å². The van der Waals surface area contributed by atoms with Gasteiger partial charge in [-0.1, -0.05) is 24.6 Å². The van der Waals surface area contributed by atoms with Crippen molar-refractivity contribution in [3.63, 3.8) is 0 Å². The van der Waals surface area contributed by atoms with Crippen LogP contribution in [-0.2, 0) is 31.8 Å². The summed E-state index contributed by atoms with van der Waals surface area (Å²) in [5, 5.41) is 4.44. The first-order chi connectivity index (χ1) is 18.0. The summed E-state index contributed by atoms with van der Waals surface area (Å²) >= 11 is 0. The lowest BCUT2D eigenvalue weighted by molar-refractivity contribution is -0.145. The van der Waals surface area contributed by atoms with Crippen molar-refractivity contribution < 1.29 is 32.2 Å². The fourth-order valence-corrected chi connectivity index (χ4v) is 4.96. The van der Waals surface area contributed by atoms with Crippen molar-refractivity contribution in [3.05, 3.63) is 64.1 Å². The Hall–Kier alpha value is -3.43. The van der Waals surface area contributed by atoms with E-state index in [0.717, 1.165) is 50.4 Å². The number of esters is 2. The second-order valence-electron chi connectivity index (χ2n) is 9.52. The van der Waals surface area contributed by atoms with E-state index in [0.29, 0.717) is 6.42 Å². The summed E-state index contributed by atoms with van der Waals surface area (Å²) < 4.78 is 54.2. The summed E-state index contributed by atoms with van der Waals surface area (Å²) in [4.78, 5) is 30.3. The molecule has 0 fully saturated rings. The van der Waals surface area contributed by atoms with Crippen molar-refractivity contribution in [1.29, 1.82) is 0 Å². The monoisotopic (exact) mass is 533 g/mol. The highest BCUT2D eigenvalue weighted by Crippen LogP contribution is 2.44. The summed E-state index contributed by atoms with van der Waals surface area (Å²) in [7, 11) is 1.15. The van der Waals surface area contributed by atoms with Crippen molar-refractivity contribution in [3.8, 4) is 0 Å². The second kappa shape index (κ2) is 12.4. The van der Waals surface area contributed by atoms with Crippen LogP contribution in [0.4, 0.5) is 13.2 Å². The number of allylic oxidation sites excluding steroid dienone is 1. The van der Waals surface area contributed by atoms with Crippen LogP contribution >= 0.6 is 0 Å². The molecule has 38 heavy (non-hydrogen) atoms. The molecule has 7 nitrogen and oxygen atoms in total. The number of hydrogen-bond acceptors (Lipinski definition) is 6. The average molecular weight is 534 g/mol. The molecule has 0 saturated heterocycles. The molecule has 0 radical (unpaired) electrons. The van der Waals surface area contributed by atoms with Gasteiger partial charge in [-0.25, -0.2) is 4.79 Å². The average Bonchev–Trinajstić information content (AvgIpc) is 3.18. The molecule has 0 bridgehead atoms. The molecule has 1 aliphatic rings. The SMILES string of the molecule is COC(=O)C1C(C)=NC(C)=C(C(=O)OCCCCCCn2nc(C)cc2C)C1c1ccccc1C(F)(F)F. The number of aliphatic imine (C=N–C) groups is 1. The van der Waals surface area contributed by atoms with Gasteiger partial charge in [0, 0.05) is 29.6 Å². The normalized spacial score (nSPS) is 17.8. The maximum Gasteiger partial charge on any atom is 0.416 e. The third-order valence-electron chi connectivity index (χ3n) is 6.71. The minimum atomic E-state index is -4.68. The molecule has 3 rings (SSSR count). The van der Waals surface area contributed by atoms with Crippen molar-refractivity contribution >= 4 is 17.7 Å². The Morgan fingerprint density at radius 3 is 2.34 bits per heavy atom. The Kier molecular flexibility index (Phi) is 9.51. The van der Waals surface area contributed by atoms with Crippen molar-refractivity contribution in [2.45, 2.75) is 72.0 Å². The number of unbranched alkanes of at least 4 members (excludes halogenated alkanes) is 3. The number of alkyl halides is 3. The number of aromatic nitrogens is 2. The van der Waals surface area contributed by atoms with Gasteiger partial charge in [0.05, 0.1) is 30.5 Å². The Labute approximate surface area is 220 Å². The summed E-state index contributed by atoms with van der Waals surface area (Å²) in [6, 6.07) is 6.97. The number of carbonyl (C=O) groups is 2. The van der Waals surface area contributed by atoms with Gasteiger partial charge in [-0.15, -0.1) is 0 Å². The molecule has 0 N–H and O–H groups in total. The Morgan fingerprint density at radius 2 is 1.71 bits per heavy atom. The van der Waals surface area contributed by atoms with Crippen LogP contribution in [0.3, 0.4) is 0 Å². The van der Waals surface area contributed by atoms with Crippen LogP contribution in [0.25, 0.3) is 0 Å². The van der Waals surface area contributed by atoms with E-state index in [2.05, 4.69) is 10.1 Å². The Bertz CT molecular complexity index is 1230. The fraction of sp³-hybridized carbons (Fsp3) is 0.500. The molecule has 0 aliphatic carbocycles. The van der Waals surface area contributed by atoms with E-state index >= 15 is 0 Å². The van der Waals surface area contributed by atoms with Crippen LogP contribution < -0.4 is 0 Å². The molecule has 2 unspecified atom stereocenters. The number of halogens is 3. The van der Waals surface area contributed by atoms with Crippen LogP contribution in [0.1, 0.15) is 68.0 Å². The summed E-state index contributed by atoms with van der Waals surface area (Å²) in [6.07, 6.45) is -1.44. The van der Waals surface area contributed by atoms with E-state index in [1.54, 1.807) is 6.92 Å². The number of aryl methyl sites for hydroxylation is 3. The minimum absolute atomic E-state index is 0.0628. The Morgan fingerprint density at radius 1 is 1.03 bits per heavy atom. The number of hydrogen-bond donors (Lipinski definition) is 0. The molecule has 1 aliphatic heterocycles. The molecule has 1 aromatic carbocycles. The van der Waals surface area contributed by atoms with Crippen molar-refractivity contribution in [2.24, 2.45) is 10.9 Å². The number of ether oxygens (including phenoxy) is 2. The molecule has 10 heteroatoms. The highest BCUT2D eigenvalue weighted by molar-refractivity contribution is 6.07. The molecular formula is C28H34F3N3O4. The van der Waals surface area contributed by atoms with Gasteiger partial charge in [-0.05, 0) is 64.7 Å². The molecule has 0 amide bonds. The number of carbonyl (C=O) groups excluding carboxylic acids is 2.